The molecule has 0 heterocycles. The highest BCUT2D eigenvalue weighted by Crippen LogP contribution is 2.24. The Balaban J connectivity index is 1.49. The number of carbonyl (C=O) groups excluding carboxylic acids is 2. The molecule has 4 nitrogen and oxygen atoms in total. The van der Waals surface area contributed by atoms with Gasteiger partial charge < -0.3 is 10.1 Å². The maximum absolute atomic E-state index is 12.6. The van der Waals surface area contributed by atoms with E-state index in [1.165, 1.54) is 0 Å². The number of rotatable bonds is 6. The van der Waals surface area contributed by atoms with Crippen LogP contribution in [-0.4, -0.2) is 17.9 Å². The number of carbonyl (C=O) groups is 2. The minimum atomic E-state index is -0.917. The lowest BCUT2D eigenvalue weighted by molar-refractivity contribution is -0.156. The van der Waals surface area contributed by atoms with Crippen LogP contribution in [0.2, 0.25) is 0 Å². The van der Waals surface area contributed by atoms with Crippen LogP contribution in [0.15, 0.2) is 72.8 Å². The van der Waals surface area contributed by atoms with Gasteiger partial charge in [0.2, 0.25) is 6.10 Å². The van der Waals surface area contributed by atoms with Gasteiger partial charge in [0.05, 0.1) is 6.42 Å². The first-order valence-corrected chi connectivity index (χ1v) is 9.21. The summed E-state index contributed by atoms with van der Waals surface area (Å²) in [4.78, 5) is 25.1. The molecule has 1 saturated carbocycles. The number of benzene rings is 3. The molecule has 1 aliphatic carbocycles. The second-order valence-electron chi connectivity index (χ2n) is 6.92. The molecule has 1 aliphatic rings. The minimum absolute atomic E-state index is 0.130. The predicted molar refractivity (Wildman–Crippen MR) is 104 cm³/mol. The van der Waals surface area contributed by atoms with E-state index in [0.717, 1.165) is 29.2 Å². The van der Waals surface area contributed by atoms with Crippen molar-refractivity contribution in [2.45, 2.75) is 31.4 Å². The highest BCUT2D eigenvalue weighted by molar-refractivity contribution is 5.87. The fourth-order valence-electron chi connectivity index (χ4n) is 3.09. The van der Waals surface area contributed by atoms with Gasteiger partial charge in [-0.1, -0.05) is 72.8 Å². The molecule has 136 valence electrons. The molecule has 0 aromatic heterocycles. The van der Waals surface area contributed by atoms with E-state index >= 15 is 0 Å². The van der Waals surface area contributed by atoms with Crippen LogP contribution in [0.4, 0.5) is 0 Å². The van der Waals surface area contributed by atoms with Crippen LogP contribution < -0.4 is 5.32 Å². The Morgan fingerprint density at radius 2 is 1.63 bits per heavy atom. The first kappa shape index (κ1) is 17.3. The smallest absolute Gasteiger partial charge is 0.311 e. The number of hydrogen-bond donors (Lipinski definition) is 1. The lowest BCUT2D eigenvalue weighted by atomic mass is 10.0. The van der Waals surface area contributed by atoms with Gasteiger partial charge in [-0.2, -0.15) is 0 Å². The first-order chi connectivity index (χ1) is 13.2. The molecule has 0 spiro atoms. The van der Waals surface area contributed by atoms with E-state index in [0.29, 0.717) is 5.56 Å². The minimum Gasteiger partial charge on any atom is -0.447 e. The summed E-state index contributed by atoms with van der Waals surface area (Å²) in [6.07, 6.45) is 1.18. The van der Waals surface area contributed by atoms with E-state index in [9.17, 15) is 9.59 Å². The second-order valence-corrected chi connectivity index (χ2v) is 6.92. The summed E-state index contributed by atoms with van der Waals surface area (Å²) in [5.74, 6) is -0.666. The highest BCUT2D eigenvalue weighted by atomic mass is 16.5. The molecule has 3 aromatic rings. The monoisotopic (exact) mass is 359 g/mol. The molecule has 0 radical (unpaired) electrons. The van der Waals surface area contributed by atoms with Crippen molar-refractivity contribution >= 4 is 22.6 Å². The van der Waals surface area contributed by atoms with Crippen LogP contribution in [-0.2, 0) is 20.7 Å². The Morgan fingerprint density at radius 3 is 2.37 bits per heavy atom. The zero-order valence-electron chi connectivity index (χ0n) is 14.9. The molecule has 1 fully saturated rings. The predicted octanol–water partition coefficient (Wildman–Crippen LogP) is 3.95. The quantitative estimate of drug-likeness (QED) is 0.678. The van der Waals surface area contributed by atoms with E-state index in [-0.39, 0.29) is 18.4 Å². The van der Waals surface area contributed by atoms with Crippen LogP contribution in [0.1, 0.15) is 30.1 Å². The fourth-order valence-corrected chi connectivity index (χ4v) is 3.09. The maximum Gasteiger partial charge on any atom is 0.311 e. The number of fused-ring (bicyclic) bond motifs is 1. The van der Waals surface area contributed by atoms with Crippen molar-refractivity contribution in [1.82, 2.24) is 5.32 Å². The largest absolute Gasteiger partial charge is 0.447 e. The van der Waals surface area contributed by atoms with Gasteiger partial charge in [0.25, 0.3) is 5.91 Å². The lowest BCUT2D eigenvalue weighted by Gasteiger charge is -2.18. The SMILES string of the molecule is O=C(Cc1ccc2ccccc2c1)O[C@H](C(=O)NC1CC1)c1ccccc1. The van der Waals surface area contributed by atoms with E-state index in [1.54, 1.807) is 12.1 Å². The molecule has 0 aliphatic heterocycles. The van der Waals surface area contributed by atoms with Crippen LogP contribution >= 0.6 is 0 Å². The van der Waals surface area contributed by atoms with Crippen molar-refractivity contribution in [2.75, 3.05) is 0 Å². The van der Waals surface area contributed by atoms with Crippen molar-refractivity contribution in [3.63, 3.8) is 0 Å². The Hall–Kier alpha value is -3.14. The Morgan fingerprint density at radius 1 is 0.926 bits per heavy atom. The Labute approximate surface area is 158 Å². The second kappa shape index (κ2) is 7.62. The third-order valence-corrected chi connectivity index (χ3v) is 4.68. The first-order valence-electron chi connectivity index (χ1n) is 9.21. The molecule has 4 heteroatoms. The molecule has 3 aromatic carbocycles. The zero-order valence-corrected chi connectivity index (χ0v) is 14.9. The summed E-state index contributed by atoms with van der Waals surface area (Å²) in [6, 6.07) is 23.3. The van der Waals surface area contributed by atoms with Gasteiger partial charge in [0, 0.05) is 11.6 Å². The van der Waals surface area contributed by atoms with Crippen LogP contribution in [0.3, 0.4) is 0 Å². The van der Waals surface area contributed by atoms with E-state index in [2.05, 4.69) is 5.32 Å². The zero-order chi connectivity index (χ0) is 18.6. The lowest BCUT2D eigenvalue weighted by Crippen LogP contribution is -2.33. The molecule has 4 rings (SSSR count). The van der Waals surface area contributed by atoms with Crippen LogP contribution in [0, 0.1) is 0 Å². The van der Waals surface area contributed by atoms with Gasteiger partial charge in [-0.25, -0.2) is 0 Å². The van der Waals surface area contributed by atoms with Gasteiger partial charge in [0.15, 0.2) is 0 Å². The Bertz CT molecular complexity index is 964. The average Bonchev–Trinajstić information content (AvgIpc) is 3.50. The molecular formula is C23H21NO3. The van der Waals surface area contributed by atoms with Crippen molar-refractivity contribution in [3.05, 3.63) is 83.9 Å². The summed E-state index contributed by atoms with van der Waals surface area (Å²) in [7, 11) is 0. The van der Waals surface area contributed by atoms with Gasteiger partial charge in [-0.15, -0.1) is 0 Å². The van der Waals surface area contributed by atoms with Crippen molar-refractivity contribution in [3.8, 4) is 0 Å². The third kappa shape index (κ3) is 4.34. The summed E-state index contributed by atoms with van der Waals surface area (Å²) in [5.41, 5.74) is 1.55. The number of hydrogen-bond acceptors (Lipinski definition) is 3. The van der Waals surface area contributed by atoms with Crippen LogP contribution in [0.5, 0.6) is 0 Å². The molecule has 27 heavy (non-hydrogen) atoms. The van der Waals surface area contributed by atoms with E-state index in [4.69, 9.17) is 4.74 Å². The summed E-state index contributed by atoms with van der Waals surface area (Å²) < 4.78 is 5.59. The molecule has 0 bridgehead atoms. The van der Waals surface area contributed by atoms with Gasteiger partial charge >= 0.3 is 5.97 Å². The summed E-state index contributed by atoms with van der Waals surface area (Å²) in [6.45, 7) is 0. The van der Waals surface area contributed by atoms with Crippen molar-refractivity contribution < 1.29 is 14.3 Å². The Kier molecular flexibility index (Phi) is 4.88. The van der Waals surface area contributed by atoms with Crippen molar-refractivity contribution in [2.24, 2.45) is 0 Å². The van der Waals surface area contributed by atoms with Gasteiger partial charge in [-0.3, -0.25) is 9.59 Å². The summed E-state index contributed by atoms with van der Waals surface area (Å²) >= 11 is 0. The van der Waals surface area contributed by atoms with Gasteiger partial charge in [0.1, 0.15) is 0 Å². The molecule has 1 N–H and O–H groups in total. The third-order valence-electron chi connectivity index (χ3n) is 4.68. The van der Waals surface area contributed by atoms with Crippen LogP contribution in [0.25, 0.3) is 10.8 Å². The summed E-state index contributed by atoms with van der Waals surface area (Å²) in [5, 5.41) is 5.13. The molecule has 1 amide bonds. The van der Waals surface area contributed by atoms with E-state index < -0.39 is 12.1 Å². The highest BCUT2D eigenvalue weighted by Gasteiger charge is 2.30. The molecule has 0 saturated heterocycles. The van der Waals surface area contributed by atoms with E-state index in [1.807, 2.05) is 60.7 Å². The molecular weight excluding hydrogens is 338 g/mol. The normalized spacial score (nSPS) is 14.5. The van der Waals surface area contributed by atoms with Crippen molar-refractivity contribution in [1.29, 1.82) is 0 Å². The number of amides is 1. The number of ether oxygens (including phenoxy) is 1. The number of esters is 1. The maximum atomic E-state index is 12.6. The average molecular weight is 359 g/mol. The number of nitrogens with one attached hydrogen (secondary N) is 1. The molecule has 1 atom stereocenters. The van der Waals surface area contributed by atoms with Gasteiger partial charge in [-0.05, 0) is 29.2 Å². The fraction of sp³-hybridized carbons (Fsp3) is 0.217. The topological polar surface area (TPSA) is 55.4 Å². The molecule has 0 unspecified atom stereocenters. The standard InChI is InChI=1S/C23H21NO3/c25-21(15-16-10-11-17-6-4-5-9-19(17)14-16)27-22(18-7-2-1-3-8-18)23(26)24-20-12-13-20/h1-11,14,20,22H,12-13,15H2,(H,24,26)/t22-/m0/s1.